The van der Waals surface area contributed by atoms with Crippen molar-refractivity contribution in [2.45, 2.75) is 273 Å². The van der Waals surface area contributed by atoms with Crippen molar-refractivity contribution in [3.63, 3.8) is 0 Å². The molecule has 8 rings (SSSR count). The molecular weight excluding hydrogens is 1180 g/mol. The van der Waals surface area contributed by atoms with Gasteiger partial charge >= 0.3 is 0 Å². The van der Waals surface area contributed by atoms with Gasteiger partial charge in [0.2, 0.25) is 0 Å². The van der Waals surface area contributed by atoms with Gasteiger partial charge in [-0.05, 0) is 185 Å². The molecule has 0 heterocycles. The number of hydrogen-bond acceptors (Lipinski definition) is 6. The van der Waals surface area contributed by atoms with E-state index < -0.39 is 47.8 Å². The fourth-order valence-corrected chi connectivity index (χ4v) is 20.7. The minimum atomic E-state index is -2.90. The number of allylic oxidation sites excluding steroid dienone is 12. The number of fused-ring (bicyclic) bond motifs is 2. The highest BCUT2D eigenvalue weighted by Crippen LogP contribution is 2.58. The zero-order valence-electron chi connectivity index (χ0n) is 58.7. The fourth-order valence-electron chi connectivity index (χ4n) is 15.2. The van der Waals surface area contributed by atoms with Crippen molar-refractivity contribution in [2.75, 3.05) is 6.16 Å². The Morgan fingerprint density at radius 2 is 1.21 bits per heavy atom. The van der Waals surface area contributed by atoms with Crippen LogP contribution in [0.5, 0.6) is 0 Å². The molecule has 91 heavy (non-hydrogen) atoms. The molecule has 4 saturated carbocycles. The average molecular weight is 1310 g/mol. The topological polar surface area (TPSA) is 93.1 Å². The number of benzene rings is 2. The summed E-state index contributed by atoms with van der Waals surface area (Å²) in [5, 5.41) is 22.2. The first-order chi connectivity index (χ1) is 42.1. The number of alkyl halides is 2. The molecule has 2 unspecified atom stereocenters. The molecule has 6 aliphatic carbocycles. The first-order valence-electron chi connectivity index (χ1n) is 34.7. The van der Waals surface area contributed by atoms with Crippen LogP contribution in [0.4, 0.5) is 8.78 Å². The molecule has 2 N–H and O–H groups in total. The van der Waals surface area contributed by atoms with Gasteiger partial charge in [-0.1, -0.05) is 229 Å². The lowest BCUT2D eigenvalue weighted by Crippen LogP contribution is -2.45. The number of halogens is 2. The first-order valence-corrected chi connectivity index (χ1v) is 42.9. The van der Waals surface area contributed by atoms with Crippen LogP contribution in [0.15, 0.2) is 168 Å². The summed E-state index contributed by atoms with van der Waals surface area (Å²) >= 11 is 0. The highest BCUT2D eigenvalue weighted by molar-refractivity contribution is 7.78. The zero-order valence-corrected chi connectivity index (χ0v) is 61.6. The Labute approximate surface area is 555 Å². The molecule has 4 fully saturated rings. The van der Waals surface area contributed by atoms with Crippen LogP contribution in [0, 0.1) is 34.5 Å². The maximum atomic E-state index is 14.9. The summed E-state index contributed by atoms with van der Waals surface area (Å²) in [7, 11) is -6.49. The van der Waals surface area contributed by atoms with E-state index in [1.54, 1.807) is 5.57 Å². The van der Waals surface area contributed by atoms with Crippen LogP contribution in [-0.4, -0.2) is 74.5 Å². The van der Waals surface area contributed by atoms with E-state index in [9.17, 15) is 28.4 Å². The predicted molar refractivity (Wildman–Crippen MR) is 391 cm³/mol. The van der Waals surface area contributed by atoms with Crippen molar-refractivity contribution >= 4 is 40.2 Å². The highest BCUT2D eigenvalue weighted by Gasteiger charge is 2.49. The standard InChI is InChI=1S/C29H43FO2.C27H36FO2PSi.C23H40O2Si.CH4/c1-6-29(32,7-2)17-8-10-20(3)25-14-15-26-22(11-9-16-28(25,26)5)12-13-23-18-24(31)19-27(30)21(23)4;1-21-22(19-23(20-26(21)28)30-32(5,6)27(2,3)4)17-18-31(29,24-13-9-7-10-14-24)25-15-11-8-12-16-25;1-8-23(9-2,25-26(5,6)7)17-10-12-18(3)19-14-15-20-21(24)13-11-16-22(19,20)4;/h8,12-14,17,20,24,26-27,31-32H,4,6-7,9-11,15-16,18-19H2,1-3,5H3;7-17,23,26H,1,18-20H2,2-6H3;10,14,17-18,20H,8-9,11-13,15-16H2,1-7H3;1H4/b17-8+,22-12+,23-13-;22-17-;17-10+;/t20-,24+,26?,27-,28+;23-,26+;18-,20?,22+;/m010./s1. The van der Waals surface area contributed by atoms with Gasteiger partial charge in [0.15, 0.2) is 16.6 Å². The van der Waals surface area contributed by atoms with Crippen LogP contribution < -0.4 is 10.6 Å². The molecular formula is C80H123F2O6PSi2. The van der Waals surface area contributed by atoms with E-state index in [2.05, 4.69) is 145 Å². The molecule has 2 aromatic carbocycles. The summed E-state index contributed by atoms with van der Waals surface area (Å²) < 4.78 is 56.5. The van der Waals surface area contributed by atoms with Gasteiger partial charge in [0, 0.05) is 42.0 Å². The largest absolute Gasteiger partial charge is 0.413 e. The number of rotatable bonds is 21. The van der Waals surface area contributed by atoms with Crippen LogP contribution in [0.1, 0.15) is 199 Å². The molecule has 2 aromatic rings. The van der Waals surface area contributed by atoms with Gasteiger partial charge in [-0.2, -0.15) is 0 Å². The minimum Gasteiger partial charge on any atom is -0.413 e. The number of carbonyl (C=O) groups excluding carboxylic acids is 1. The Morgan fingerprint density at radius 1 is 0.714 bits per heavy atom. The summed E-state index contributed by atoms with van der Waals surface area (Å²) in [5.41, 5.74) is 6.80. The van der Waals surface area contributed by atoms with Gasteiger partial charge in [-0.15, -0.1) is 0 Å². The molecule has 0 aliphatic heterocycles. The molecule has 0 spiro atoms. The molecule has 0 bridgehead atoms. The van der Waals surface area contributed by atoms with Crippen LogP contribution in [-0.2, 0) is 18.2 Å². The second kappa shape index (κ2) is 32.7. The molecule has 6 aliphatic rings. The number of ketones is 1. The van der Waals surface area contributed by atoms with Gasteiger partial charge in [0.1, 0.15) is 25.3 Å². The third kappa shape index (κ3) is 19.4. The number of aliphatic hydroxyl groups is 2. The van der Waals surface area contributed by atoms with E-state index in [0.717, 1.165) is 92.4 Å². The van der Waals surface area contributed by atoms with Gasteiger partial charge in [0.05, 0.1) is 23.4 Å². The minimum absolute atomic E-state index is 0. The SMILES string of the molecule is C.C=C1/C(=C\C=C2/CCC[C@]3(C)C([C@@H](C)C/C=C/C(O)(CC)CC)=CCC23)C[C@@H](O)C[C@@H]1F.C=C1/C(=C\CP(=O)(c2ccccc2)c2ccccc2)C[C@@H](O[Si](C)(C)C(C)(C)C)C[C@@H]1F.CCC(/C=C/C[C@H](C)C1=CCC2C(=O)CCC[C@]12C)(CC)O[Si](C)(C)C. The Bertz CT molecular complexity index is 2980. The number of aliphatic hydroxyl groups excluding tert-OH is 1. The lowest BCUT2D eigenvalue weighted by atomic mass is 9.62. The van der Waals surface area contributed by atoms with Crippen molar-refractivity contribution in [2.24, 2.45) is 34.5 Å². The normalized spacial score (nSPS) is 28.0. The van der Waals surface area contributed by atoms with Crippen LogP contribution in [0.3, 0.4) is 0 Å². The Morgan fingerprint density at radius 3 is 1.73 bits per heavy atom. The van der Waals surface area contributed by atoms with E-state index in [1.807, 2.05) is 92.7 Å². The molecule has 0 saturated heterocycles. The summed E-state index contributed by atoms with van der Waals surface area (Å²) in [6.07, 6.45) is 32.9. The second-order valence-electron chi connectivity index (χ2n) is 30.6. The van der Waals surface area contributed by atoms with E-state index in [4.69, 9.17) is 8.85 Å². The third-order valence-electron chi connectivity index (χ3n) is 22.1. The lowest BCUT2D eigenvalue weighted by Gasteiger charge is -2.42. The quantitative estimate of drug-likeness (QED) is 0.0735. The maximum Gasteiger partial charge on any atom is 0.192 e. The van der Waals surface area contributed by atoms with Gasteiger partial charge < -0.3 is 23.6 Å². The van der Waals surface area contributed by atoms with Crippen molar-refractivity contribution in [3.8, 4) is 0 Å². The van der Waals surface area contributed by atoms with Gasteiger partial charge in [0.25, 0.3) is 0 Å². The molecule has 11 heteroatoms. The molecule has 0 aromatic heterocycles. The van der Waals surface area contributed by atoms with Gasteiger partial charge in [-0.3, -0.25) is 4.79 Å². The van der Waals surface area contributed by atoms with Crippen molar-refractivity contribution < 1.29 is 37.2 Å². The lowest BCUT2D eigenvalue weighted by molar-refractivity contribution is -0.128. The molecule has 0 amide bonds. The van der Waals surface area contributed by atoms with Crippen LogP contribution in [0.25, 0.3) is 0 Å². The summed E-state index contributed by atoms with van der Waals surface area (Å²) in [6, 6.07) is 19.2. The smallest absolute Gasteiger partial charge is 0.192 e. The first kappa shape index (κ1) is 77.8. The van der Waals surface area contributed by atoms with Crippen LogP contribution >= 0.6 is 7.14 Å². The van der Waals surface area contributed by atoms with Crippen LogP contribution in [0.2, 0.25) is 37.8 Å². The van der Waals surface area contributed by atoms with Gasteiger partial charge in [-0.25, -0.2) is 8.78 Å². The van der Waals surface area contributed by atoms with E-state index in [-0.39, 0.29) is 47.3 Å². The summed E-state index contributed by atoms with van der Waals surface area (Å²) in [6.45, 7) is 43.7. The number of hydrogen-bond donors (Lipinski definition) is 2. The third-order valence-corrected chi connectivity index (χ3v) is 30.6. The predicted octanol–water partition coefficient (Wildman–Crippen LogP) is 21.5. The van der Waals surface area contributed by atoms with E-state index in [1.165, 1.54) is 30.4 Å². The Hall–Kier alpha value is -3.87. The van der Waals surface area contributed by atoms with E-state index in [0.29, 0.717) is 60.1 Å². The molecule has 506 valence electrons. The number of carbonyl (C=O) groups is 1. The second-order valence-corrected chi connectivity index (χ2v) is 42.6. The monoisotopic (exact) mass is 1300 g/mol. The molecule has 10 atom stereocenters. The Balaban J connectivity index is 0.000000248. The van der Waals surface area contributed by atoms with E-state index >= 15 is 0 Å². The number of Topliss-reactive ketones (excluding diaryl/α,β-unsaturated/α-hetero) is 1. The highest BCUT2D eigenvalue weighted by atomic mass is 31.2. The fraction of sp³-hybridized carbons (Fsp3) is 0.613. The molecule has 0 radical (unpaired) electrons. The van der Waals surface area contributed by atoms with Crippen molar-refractivity contribution in [1.29, 1.82) is 0 Å². The summed E-state index contributed by atoms with van der Waals surface area (Å²) in [5.74, 6) is 2.20. The average Bonchev–Trinajstić information content (AvgIpc) is 1.67. The molecule has 6 nitrogen and oxygen atoms in total. The Kier molecular flexibility index (Phi) is 28.0. The maximum absolute atomic E-state index is 14.9. The van der Waals surface area contributed by atoms with Crippen molar-refractivity contribution in [3.05, 3.63) is 168 Å². The summed E-state index contributed by atoms with van der Waals surface area (Å²) in [4.78, 5) is 12.3. The zero-order chi connectivity index (χ0) is 66.7. The van der Waals surface area contributed by atoms with Crippen molar-refractivity contribution in [1.82, 2.24) is 0 Å².